The molecule has 0 heterocycles. The average Bonchev–Trinajstić information content (AvgIpc) is 2.48. The van der Waals surface area contributed by atoms with Crippen LogP contribution in [0.25, 0.3) is 0 Å². The zero-order valence-corrected chi connectivity index (χ0v) is 10.1. The van der Waals surface area contributed by atoms with E-state index in [-0.39, 0.29) is 12.1 Å². The van der Waals surface area contributed by atoms with Crippen LogP contribution >= 0.6 is 0 Å². The van der Waals surface area contributed by atoms with Crippen LogP contribution in [0.1, 0.15) is 40.0 Å². The maximum atomic E-state index is 11.5. The fourth-order valence-corrected chi connectivity index (χ4v) is 1.85. The van der Waals surface area contributed by atoms with E-state index in [1.54, 1.807) is 0 Å². The van der Waals surface area contributed by atoms with Gasteiger partial charge < -0.3 is 15.4 Å². The lowest BCUT2D eigenvalue weighted by Crippen LogP contribution is -2.38. The molecule has 2 atom stereocenters. The van der Waals surface area contributed by atoms with Crippen molar-refractivity contribution >= 4 is 6.09 Å². The highest BCUT2D eigenvalue weighted by atomic mass is 16.6. The van der Waals surface area contributed by atoms with Crippen LogP contribution < -0.4 is 10.6 Å². The fourth-order valence-electron chi connectivity index (χ4n) is 1.85. The number of hydrogen-bond donors (Lipinski definition) is 2. The summed E-state index contributed by atoms with van der Waals surface area (Å²) in [7, 11) is 1.96. The summed E-state index contributed by atoms with van der Waals surface area (Å²) in [6, 6.07) is 0.794. The normalized spacial score (nSPS) is 26.4. The van der Waals surface area contributed by atoms with E-state index in [1.165, 1.54) is 0 Å². The molecule has 0 aliphatic heterocycles. The molecule has 1 amide bonds. The van der Waals surface area contributed by atoms with Gasteiger partial charge in [-0.3, -0.25) is 0 Å². The van der Waals surface area contributed by atoms with Crippen molar-refractivity contribution in [3.8, 4) is 0 Å². The summed E-state index contributed by atoms with van der Waals surface area (Å²) in [6.07, 6.45) is 2.85. The van der Waals surface area contributed by atoms with Gasteiger partial charge in [0, 0.05) is 12.1 Å². The number of amides is 1. The summed E-state index contributed by atoms with van der Waals surface area (Å²) in [5.41, 5.74) is -0.412. The predicted molar refractivity (Wildman–Crippen MR) is 59.9 cm³/mol. The Balaban J connectivity index is 2.28. The predicted octanol–water partition coefficient (Wildman–Crippen LogP) is 1.65. The van der Waals surface area contributed by atoms with Crippen LogP contribution in [0.5, 0.6) is 0 Å². The molecule has 1 rings (SSSR count). The van der Waals surface area contributed by atoms with Crippen molar-refractivity contribution in [3.63, 3.8) is 0 Å². The Kier molecular flexibility index (Phi) is 3.97. The summed E-state index contributed by atoms with van der Waals surface area (Å²) >= 11 is 0. The van der Waals surface area contributed by atoms with E-state index in [9.17, 15) is 4.79 Å². The molecule has 0 aromatic carbocycles. The molecule has 1 fully saturated rings. The molecular weight excluding hydrogens is 192 g/mol. The first kappa shape index (κ1) is 12.3. The van der Waals surface area contributed by atoms with Crippen molar-refractivity contribution in [2.24, 2.45) is 0 Å². The van der Waals surface area contributed by atoms with Gasteiger partial charge in [0.15, 0.2) is 0 Å². The molecule has 1 aliphatic rings. The first-order chi connectivity index (χ1) is 6.90. The molecule has 1 saturated carbocycles. The molecule has 0 unspecified atom stereocenters. The van der Waals surface area contributed by atoms with E-state index in [2.05, 4.69) is 10.6 Å². The van der Waals surface area contributed by atoms with Gasteiger partial charge in [0.25, 0.3) is 0 Å². The average molecular weight is 214 g/mol. The van der Waals surface area contributed by atoms with Crippen molar-refractivity contribution in [1.82, 2.24) is 10.6 Å². The molecule has 4 heteroatoms. The van der Waals surface area contributed by atoms with Crippen LogP contribution in [-0.2, 0) is 4.74 Å². The third-order valence-corrected chi connectivity index (χ3v) is 2.56. The monoisotopic (exact) mass is 214 g/mol. The second kappa shape index (κ2) is 4.84. The summed E-state index contributed by atoms with van der Waals surface area (Å²) < 4.78 is 5.20. The lowest BCUT2D eigenvalue weighted by molar-refractivity contribution is 0.0505. The Morgan fingerprint density at radius 1 is 1.27 bits per heavy atom. The minimum Gasteiger partial charge on any atom is -0.444 e. The summed E-state index contributed by atoms with van der Waals surface area (Å²) in [5.74, 6) is 0. The van der Waals surface area contributed by atoms with Crippen LogP contribution in [0.15, 0.2) is 0 Å². The zero-order valence-electron chi connectivity index (χ0n) is 10.1. The number of carbonyl (C=O) groups is 1. The molecule has 0 aromatic rings. The van der Waals surface area contributed by atoms with Gasteiger partial charge in [0.1, 0.15) is 5.60 Å². The molecule has 88 valence electrons. The second-order valence-electron chi connectivity index (χ2n) is 5.14. The van der Waals surface area contributed by atoms with Crippen molar-refractivity contribution in [2.45, 2.75) is 57.7 Å². The highest BCUT2D eigenvalue weighted by Crippen LogP contribution is 2.19. The lowest BCUT2D eigenvalue weighted by Gasteiger charge is -2.21. The molecule has 15 heavy (non-hydrogen) atoms. The molecule has 2 N–H and O–H groups in total. The van der Waals surface area contributed by atoms with Crippen LogP contribution in [0, 0.1) is 0 Å². The standard InChI is InChI=1S/C11H22N2O2/c1-11(2,3)15-10(14)13-9-6-5-8(7-9)12-4/h8-9,12H,5-7H2,1-4H3,(H,13,14)/t8-,9+/m0/s1. The van der Waals surface area contributed by atoms with E-state index in [4.69, 9.17) is 4.74 Å². The smallest absolute Gasteiger partial charge is 0.407 e. The van der Waals surface area contributed by atoms with Gasteiger partial charge in [-0.15, -0.1) is 0 Å². The highest BCUT2D eigenvalue weighted by Gasteiger charge is 2.26. The number of carbonyl (C=O) groups excluding carboxylic acids is 1. The SMILES string of the molecule is CN[C@H]1CC[C@@H](NC(=O)OC(C)(C)C)C1. The summed E-state index contributed by atoms with van der Waals surface area (Å²) in [6.45, 7) is 5.62. The number of ether oxygens (including phenoxy) is 1. The van der Waals surface area contributed by atoms with Crippen molar-refractivity contribution < 1.29 is 9.53 Å². The van der Waals surface area contributed by atoms with E-state index in [0.29, 0.717) is 6.04 Å². The third-order valence-electron chi connectivity index (χ3n) is 2.56. The zero-order chi connectivity index (χ0) is 11.5. The number of hydrogen-bond acceptors (Lipinski definition) is 3. The second-order valence-corrected chi connectivity index (χ2v) is 5.14. The molecule has 0 aromatic heterocycles. The van der Waals surface area contributed by atoms with E-state index in [0.717, 1.165) is 19.3 Å². The van der Waals surface area contributed by atoms with Gasteiger partial charge in [-0.25, -0.2) is 4.79 Å². The van der Waals surface area contributed by atoms with Crippen molar-refractivity contribution in [1.29, 1.82) is 0 Å². The molecule has 1 aliphatic carbocycles. The Labute approximate surface area is 91.8 Å². The van der Waals surface area contributed by atoms with E-state index in [1.807, 2.05) is 27.8 Å². The summed E-state index contributed by atoms with van der Waals surface area (Å²) in [4.78, 5) is 11.5. The molecule has 0 saturated heterocycles. The Hall–Kier alpha value is -0.770. The first-order valence-corrected chi connectivity index (χ1v) is 5.57. The number of rotatable bonds is 2. The van der Waals surface area contributed by atoms with Gasteiger partial charge in [0.05, 0.1) is 0 Å². The van der Waals surface area contributed by atoms with Crippen LogP contribution in [-0.4, -0.2) is 30.8 Å². The van der Waals surface area contributed by atoms with Gasteiger partial charge in [-0.05, 0) is 47.1 Å². The largest absolute Gasteiger partial charge is 0.444 e. The van der Waals surface area contributed by atoms with E-state index < -0.39 is 5.60 Å². The van der Waals surface area contributed by atoms with Crippen LogP contribution in [0.2, 0.25) is 0 Å². The molecular formula is C11H22N2O2. The Morgan fingerprint density at radius 3 is 2.33 bits per heavy atom. The Bertz CT molecular complexity index is 223. The maximum absolute atomic E-state index is 11.5. The molecule has 4 nitrogen and oxygen atoms in total. The van der Waals surface area contributed by atoms with Gasteiger partial charge in [-0.1, -0.05) is 0 Å². The number of nitrogens with one attached hydrogen (secondary N) is 2. The molecule has 0 spiro atoms. The highest BCUT2D eigenvalue weighted by molar-refractivity contribution is 5.68. The lowest BCUT2D eigenvalue weighted by atomic mass is 10.2. The van der Waals surface area contributed by atoms with E-state index >= 15 is 0 Å². The molecule has 0 radical (unpaired) electrons. The van der Waals surface area contributed by atoms with Crippen molar-refractivity contribution in [2.75, 3.05) is 7.05 Å². The van der Waals surface area contributed by atoms with Gasteiger partial charge >= 0.3 is 6.09 Å². The van der Waals surface area contributed by atoms with Gasteiger partial charge in [-0.2, -0.15) is 0 Å². The fraction of sp³-hybridized carbons (Fsp3) is 0.909. The third kappa shape index (κ3) is 4.51. The van der Waals surface area contributed by atoms with Crippen LogP contribution in [0.4, 0.5) is 4.79 Å². The first-order valence-electron chi connectivity index (χ1n) is 5.57. The minimum atomic E-state index is -0.412. The van der Waals surface area contributed by atoms with Crippen LogP contribution in [0.3, 0.4) is 0 Å². The maximum Gasteiger partial charge on any atom is 0.407 e. The Morgan fingerprint density at radius 2 is 1.87 bits per heavy atom. The quantitative estimate of drug-likeness (QED) is 0.735. The minimum absolute atomic E-state index is 0.261. The number of alkyl carbamates (subject to hydrolysis) is 1. The summed E-state index contributed by atoms with van der Waals surface area (Å²) in [5, 5.41) is 6.12. The van der Waals surface area contributed by atoms with Gasteiger partial charge in [0.2, 0.25) is 0 Å². The molecule has 0 bridgehead atoms. The van der Waals surface area contributed by atoms with Crippen molar-refractivity contribution in [3.05, 3.63) is 0 Å². The topological polar surface area (TPSA) is 50.4 Å².